The van der Waals surface area contributed by atoms with E-state index in [9.17, 15) is 34.5 Å². The number of carbonyl (C=O) groups excluding carboxylic acids is 3. The molecule has 12 heteroatoms. The van der Waals surface area contributed by atoms with Gasteiger partial charge in [0.1, 0.15) is 18.8 Å². The summed E-state index contributed by atoms with van der Waals surface area (Å²) in [6.07, 6.45) is 51.6. The molecule has 6 atom stereocenters. The number of aliphatic hydroxyl groups excluding tert-OH is 2. The van der Waals surface area contributed by atoms with E-state index in [4.69, 9.17) is 23.7 Å². The summed E-state index contributed by atoms with van der Waals surface area (Å²) in [6, 6.07) is 0. The number of esters is 3. The average Bonchev–Trinajstić information content (AvgIpc) is 3.39. The second-order valence-electron chi connectivity index (χ2n) is 20.3. The van der Waals surface area contributed by atoms with Gasteiger partial charge in [-0.2, -0.15) is 0 Å². The van der Waals surface area contributed by atoms with Crippen LogP contribution in [0.1, 0.15) is 252 Å². The Hall–Kier alpha value is -3.84. The van der Waals surface area contributed by atoms with Crippen molar-refractivity contribution < 1.29 is 58.2 Å². The third-order valence-corrected chi connectivity index (χ3v) is 13.3. The fraction of sp³-hybridized carbons (Fsp3) is 0.746. The third-order valence-electron chi connectivity index (χ3n) is 13.3. The van der Waals surface area contributed by atoms with Crippen LogP contribution in [0.4, 0.5) is 0 Å². The minimum absolute atomic E-state index is 0.0497. The lowest BCUT2D eigenvalue weighted by atomic mass is 9.98. The summed E-state index contributed by atoms with van der Waals surface area (Å²) in [5.41, 5.74) is 0. The highest BCUT2D eigenvalue weighted by Crippen LogP contribution is 2.26. The lowest BCUT2D eigenvalue weighted by Gasteiger charge is -2.40. The van der Waals surface area contributed by atoms with Crippen molar-refractivity contribution >= 4 is 23.9 Å². The van der Waals surface area contributed by atoms with Gasteiger partial charge in [-0.25, -0.2) is 4.79 Å². The number of carboxylic acid groups (broad SMARTS) is 1. The standard InChI is InChI=1S/C63H106O12/c1-4-7-10-13-16-19-22-24-26-28-30-32-35-37-40-43-46-49-55(64)71-52-54(73-56(65)50-47-44-41-38-34-21-18-15-12-9-6-3)53-72-63-61(59(68)58(67)60(75-63)62(69)70)74-57(66)51-48-45-42-39-36-33-31-29-27-25-23-20-17-14-11-8-5-2/h7,10,16,19,24-27,30,32,37,40,54,58-61,63,67-68H,4-6,8-9,11-15,17-18,20-23,28-29,31,33-36,38-39,41-53H2,1-3H3,(H,69,70)/b10-7-,19-16-,26-24-,27-25-,32-30-,40-37-. The Morgan fingerprint density at radius 1 is 0.453 bits per heavy atom. The molecule has 12 nitrogen and oxygen atoms in total. The monoisotopic (exact) mass is 1050 g/mol. The lowest BCUT2D eigenvalue weighted by molar-refractivity contribution is -0.301. The van der Waals surface area contributed by atoms with E-state index in [-0.39, 0.29) is 25.9 Å². The molecule has 0 spiro atoms. The van der Waals surface area contributed by atoms with Crippen molar-refractivity contribution in [1.82, 2.24) is 0 Å². The topological polar surface area (TPSA) is 175 Å². The van der Waals surface area contributed by atoms with E-state index in [1.54, 1.807) is 0 Å². The van der Waals surface area contributed by atoms with Gasteiger partial charge in [0.05, 0.1) is 6.61 Å². The summed E-state index contributed by atoms with van der Waals surface area (Å²) in [7, 11) is 0. The van der Waals surface area contributed by atoms with E-state index in [0.717, 1.165) is 83.5 Å². The Morgan fingerprint density at radius 2 is 0.853 bits per heavy atom. The van der Waals surface area contributed by atoms with E-state index in [2.05, 4.69) is 87.6 Å². The third kappa shape index (κ3) is 41.0. The van der Waals surface area contributed by atoms with Crippen molar-refractivity contribution in [1.29, 1.82) is 0 Å². The zero-order valence-electron chi connectivity index (χ0n) is 47.3. The highest BCUT2D eigenvalue weighted by molar-refractivity contribution is 5.74. The van der Waals surface area contributed by atoms with Gasteiger partial charge in [-0.15, -0.1) is 0 Å². The number of hydrogen-bond donors (Lipinski definition) is 3. The maximum Gasteiger partial charge on any atom is 0.335 e. The molecular weight excluding hydrogens is 949 g/mol. The molecule has 1 fully saturated rings. The van der Waals surface area contributed by atoms with Gasteiger partial charge in [-0.05, 0) is 83.5 Å². The SMILES string of the molecule is CC/C=C\C/C=C\C/C=C\C/C=C\C/C=C\CCCC(=O)OCC(COC1OC(C(=O)O)C(O)C(O)C1OC(=O)CCCCCCCCC/C=C\CCCCCCCC)OC(=O)CCCCCCCCCCCCC. The summed E-state index contributed by atoms with van der Waals surface area (Å²) >= 11 is 0. The van der Waals surface area contributed by atoms with Crippen molar-refractivity contribution in [3.8, 4) is 0 Å². The highest BCUT2D eigenvalue weighted by atomic mass is 16.7. The molecule has 75 heavy (non-hydrogen) atoms. The van der Waals surface area contributed by atoms with Gasteiger partial charge in [0.25, 0.3) is 0 Å². The summed E-state index contributed by atoms with van der Waals surface area (Å²) in [6.45, 7) is 5.82. The van der Waals surface area contributed by atoms with Gasteiger partial charge >= 0.3 is 23.9 Å². The summed E-state index contributed by atoms with van der Waals surface area (Å²) in [5.74, 6) is -3.20. The first kappa shape index (κ1) is 69.2. The van der Waals surface area contributed by atoms with Crippen LogP contribution in [0.25, 0.3) is 0 Å². The van der Waals surface area contributed by atoms with E-state index < -0.39 is 67.3 Å². The van der Waals surface area contributed by atoms with Gasteiger partial charge in [0.15, 0.2) is 24.6 Å². The van der Waals surface area contributed by atoms with Crippen molar-refractivity contribution in [2.75, 3.05) is 13.2 Å². The normalized spacial score (nSPS) is 18.7. The molecule has 0 bridgehead atoms. The second kappa shape index (κ2) is 50.9. The molecule has 1 aliphatic heterocycles. The smallest absolute Gasteiger partial charge is 0.335 e. The quantitative estimate of drug-likeness (QED) is 0.0228. The summed E-state index contributed by atoms with van der Waals surface area (Å²) in [5, 5.41) is 31.5. The molecule has 1 aliphatic rings. The van der Waals surface area contributed by atoms with Crippen LogP contribution in [0, 0.1) is 0 Å². The Bertz CT molecular complexity index is 1580. The number of rotatable bonds is 50. The van der Waals surface area contributed by atoms with Crippen molar-refractivity contribution in [2.45, 2.75) is 289 Å². The fourth-order valence-corrected chi connectivity index (χ4v) is 8.69. The Labute approximate surface area is 455 Å². The minimum Gasteiger partial charge on any atom is -0.479 e. The molecule has 1 heterocycles. The molecule has 1 rings (SSSR count). The van der Waals surface area contributed by atoms with Crippen LogP contribution in [0.2, 0.25) is 0 Å². The summed E-state index contributed by atoms with van der Waals surface area (Å²) in [4.78, 5) is 51.1. The summed E-state index contributed by atoms with van der Waals surface area (Å²) < 4.78 is 28.4. The number of hydrogen-bond acceptors (Lipinski definition) is 11. The molecule has 0 amide bonds. The number of aliphatic carboxylic acids is 1. The Balaban J connectivity index is 2.70. The number of unbranched alkanes of at least 4 members (excludes halogenated alkanes) is 24. The van der Waals surface area contributed by atoms with Crippen LogP contribution in [0.5, 0.6) is 0 Å². The van der Waals surface area contributed by atoms with E-state index in [1.807, 2.05) is 6.08 Å². The van der Waals surface area contributed by atoms with Crippen LogP contribution in [0.15, 0.2) is 72.9 Å². The zero-order chi connectivity index (χ0) is 54.7. The minimum atomic E-state index is -1.91. The van der Waals surface area contributed by atoms with Crippen LogP contribution >= 0.6 is 0 Å². The van der Waals surface area contributed by atoms with Crippen molar-refractivity contribution in [2.24, 2.45) is 0 Å². The van der Waals surface area contributed by atoms with Crippen LogP contribution in [0.3, 0.4) is 0 Å². The molecule has 0 aliphatic carbocycles. The van der Waals surface area contributed by atoms with Gasteiger partial charge in [0.2, 0.25) is 0 Å². The molecule has 0 aromatic rings. The van der Waals surface area contributed by atoms with Gasteiger partial charge in [0, 0.05) is 19.3 Å². The van der Waals surface area contributed by atoms with Gasteiger partial charge < -0.3 is 39.0 Å². The number of aliphatic hydroxyl groups is 2. The maximum atomic E-state index is 13.1. The van der Waals surface area contributed by atoms with Crippen LogP contribution in [-0.4, -0.2) is 89.2 Å². The van der Waals surface area contributed by atoms with Crippen molar-refractivity contribution in [3.05, 3.63) is 72.9 Å². The van der Waals surface area contributed by atoms with Crippen LogP contribution in [-0.2, 0) is 42.9 Å². The number of carbonyl (C=O) groups is 4. The molecule has 6 unspecified atom stereocenters. The molecule has 0 saturated carbocycles. The largest absolute Gasteiger partial charge is 0.479 e. The molecule has 0 radical (unpaired) electrons. The predicted molar refractivity (Wildman–Crippen MR) is 303 cm³/mol. The average molecular weight is 1060 g/mol. The first-order valence-corrected chi connectivity index (χ1v) is 29.9. The molecule has 0 aromatic heterocycles. The Morgan fingerprint density at radius 3 is 1.33 bits per heavy atom. The Kier molecular flexibility index (Phi) is 47.0. The molecule has 0 aromatic carbocycles. The molecule has 430 valence electrons. The zero-order valence-corrected chi connectivity index (χ0v) is 47.3. The van der Waals surface area contributed by atoms with E-state index in [1.165, 1.54) is 103 Å². The fourth-order valence-electron chi connectivity index (χ4n) is 8.69. The van der Waals surface area contributed by atoms with Crippen LogP contribution < -0.4 is 0 Å². The second-order valence-corrected chi connectivity index (χ2v) is 20.3. The molecule has 1 saturated heterocycles. The molecule has 3 N–H and O–H groups in total. The predicted octanol–water partition coefficient (Wildman–Crippen LogP) is 15.3. The number of carboxylic acids is 1. The van der Waals surface area contributed by atoms with Gasteiger partial charge in [-0.3, -0.25) is 14.4 Å². The van der Waals surface area contributed by atoms with Gasteiger partial charge in [-0.1, -0.05) is 222 Å². The lowest BCUT2D eigenvalue weighted by Crippen LogP contribution is -2.61. The van der Waals surface area contributed by atoms with E-state index >= 15 is 0 Å². The maximum absolute atomic E-state index is 13.1. The van der Waals surface area contributed by atoms with E-state index in [0.29, 0.717) is 25.7 Å². The van der Waals surface area contributed by atoms with Crippen molar-refractivity contribution in [3.63, 3.8) is 0 Å². The highest BCUT2D eigenvalue weighted by Gasteiger charge is 2.50. The molecular formula is C63H106O12. The number of ether oxygens (including phenoxy) is 5. The first-order valence-electron chi connectivity index (χ1n) is 29.9. The first-order chi connectivity index (χ1) is 36.6. The number of allylic oxidation sites excluding steroid dienone is 12.